The number of carbonyl (C=O) groups is 2. The maximum Gasteiger partial charge on any atom is 0.304 e. The van der Waals surface area contributed by atoms with Crippen molar-refractivity contribution in [3.63, 3.8) is 0 Å². The van der Waals surface area contributed by atoms with E-state index in [-0.39, 0.29) is 24.5 Å². The molecule has 1 unspecified atom stereocenters. The van der Waals surface area contributed by atoms with Crippen molar-refractivity contribution in [2.24, 2.45) is 5.41 Å². The highest BCUT2D eigenvalue weighted by Gasteiger charge is 2.49. The number of hydrogen-bond donors (Lipinski definition) is 1. The molecule has 5 heteroatoms. The first-order valence-electron chi connectivity index (χ1n) is 10.2. The summed E-state index contributed by atoms with van der Waals surface area (Å²) in [5.74, 6) is 0.671. The van der Waals surface area contributed by atoms with E-state index in [0.29, 0.717) is 17.3 Å². The Kier molecular flexibility index (Phi) is 4.66. The summed E-state index contributed by atoms with van der Waals surface area (Å²) in [6.07, 6.45) is 11.6. The second-order valence-electron chi connectivity index (χ2n) is 8.99. The van der Waals surface area contributed by atoms with Gasteiger partial charge in [0, 0.05) is 23.8 Å². The molecule has 3 fully saturated rings. The average Bonchev–Trinajstić information content (AvgIpc) is 3.30. The molecular weight excluding hydrogens is 330 g/mol. The van der Waals surface area contributed by atoms with Crippen LogP contribution in [-0.2, 0) is 9.59 Å². The quantitative estimate of drug-likeness (QED) is 0.747. The summed E-state index contributed by atoms with van der Waals surface area (Å²) in [4.78, 5) is 23.0. The fourth-order valence-corrected chi connectivity index (χ4v) is 5.40. The van der Waals surface area contributed by atoms with Gasteiger partial charge in [0.1, 0.15) is 11.5 Å². The molecule has 4 rings (SSSR count). The smallest absolute Gasteiger partial charge is 0.304 e. The summed E-state index contributed by atoms with van der Waals surface area (Å²) < 4.78 is 5.82. The number of aromatic nitrogens is 1. The third-order valence-electron chi connectivity index (χ3n) is 6.75. The number of hydrogen-bond acceptors (Lipinski definition) is 4. The lowest BCUT2D eigenvalue weighted by atomic mass is 9.55. The highest BCUT2D eigenvalue weighted by Crippen LogP contribution is 2.60. The molecule has 1 spiro atoms. The van der Waals surface area contributed by atoms with Gasteiger partial charge < -0.3 is 14.4 Å². The van der Waals surface area contributed by atoms with Crippen LogP contribution in [0.5, 0.6) is 0 Å². The minimum Gasteiger partial charge on any atom is -0.481 e. The van der Waals surface area contributed by atoms with Crippen LogP contribution in [0, 0.1) is 5.41 Å². The summed E-state index contributed by atoms with van der Waals surface area (Å²) >= 11 is 0. The van der Waals surface area contributed by atoms with E-state index < -0.39 is 5.97 Å². The summed E-state index contributed by atoms with van der Waals surface area (Å²) in [6, 6.07) is 0. The Hall–Kier alpha value is -1.65. The fraction of sp³-hybridized carbons (Fsp3) is 0.762. The number of aliphatic carboxylic acids is 1. The first kappa shape index (κ1) is 17.7. The predicted octanol–water partition coefficient (Wildman–Crippen LogP) is 4.92. The van der Waals surface area contributed by atoms with Gasteiger partial charge in [-0.05, 0) is 56.8 Å². The Morgan fingerprint density at radius 2 is 1.85 bits per heavy atom. The van der Waals surface area contributed by atoms with Gasteiger partial charge in [-0.15, -0.1) is 0 Å². The van der Waals surface area contributed by atoms with Crippen LogP contribution < -0.4 is 0 Å². The Balaban J connectivity index is 1.57. The Bertz CT molecular complexity index is 673. The molecule has 1 aromatic rings. The van der Waals surface area contributed by atoms with E-state index in [2.05, 4.69) is 5.16 Å². The zero-order valence-corrected chi connectivity index (χ0v) is 15.6. The first-order valence-corrected chi connectivity index (χ1v) is 10.2. The monoisotopic (exact) mass is 359 g/mol. The molecule has 5 nitrogen and oxygen atoms in total. The Morgan fingerprint density at radius 3 is 2.42 bits per heavy atom. The maximum absolute atomic E-state index is 11.7. The molecule has 0 aromatic carbocycles. The molecule has 0 radical (unpaired) electrons. The van der Waals surface area contributed by atoms with Crippen molar-refractivity contribution in [1.29, 1.82) is 0 Å². The molecule has 0 aliphatic heterocycles. The van der Waals surface area contributed by atoms with Crippen molar-refractivity contribution >= 4 is 11.8 Å². The van der Waals surface area contributed by atoms with E-state index in [1.165, 1.54) is 51.9 Å². The Labute approximate surface area is 154 Å². The molecule has 142 valence electrons. The zero-order chi connectivity index (χ0) is 18.3. The lowest BCUT2D eigenvalue weighted by molar-refractivity contribution is -0.137. The summed E-state index contributed by atoms with van der Waals surface area (Å²) in [7, 11) is 0. The van der Waals surface area contributed by atoms with Crippen LogP contribution in [0.3, 0.4) is 0 Å². The minimum atomic E-state index is -0.882. The lowest BCUT2D eigenvalue weighted by Crippen LogP contribution is -2.37. The maximum atomic E-state index is 11.7. The van der Waals surface area contributed by atoms with Gasteiger partial charge in [-0.2, -0.15) is 0 Å². The highest BCUT2D eigenvalue weighted by atomic mass is 16.5. The topological polar surface area (TPSA) is 80.4 Å². The van der Waals surface area contributed by atoms with Gasteiger partial charge in [0.25, 0.3) is 0 Å². The van der Waals surface area contributed by atoms with E-state index >= 15 is 0 Å². The molecule has 26 heavy (non-hydrogen) atoms. The van der Waals surface area contributed by atoms with Gasteiger partial charge in [0.2, 0.25) is 0 Å². The minimum absolute atomic E-state index is 0.00681. The third-order valence-corrected chi connectivity index (χ3v) is 6.75. The number of rotatable bonds is 7. The molecule has 1 heterocycles. The second-order valence-corrected chi connectivity index (χ2v) is 8.99. The van der Waals surface area contributed by atoms with Gasteiger partial charge in [0.05, 0.1) is 12.1 Å². The van der Waals surface area contributed by atoms with Crippen LogP contribution in [0.25, 0.3) is 0 Å². The van der Waals surface area contributed by atoms with Crippen molar-refractivity contribution in [2.75, 3.05) is 0 Å². The molecule has 3 aliphatic carbocycles. The Morgan fingerprint density at radius 1 is 1.15 bits per heavy atom. The predicted molar refractivity (Wildman–Crippen MR) is 96.3 cm³/mol. The van der Waals surface area contributed by atoms with Gasteiger partial charge in [-0.25, -0.2) is 0 Å². The SMILES string of the molecule is CC(=O)CC(CC(=O)O)c1noc(C2CC3(CCCCC3)C2)c1C1CC1. The molecule has 3 saturated carbocycles. The van der Waals surface area contributed by atoms with Gasteiger partial charge in [-0.1, -0.05) is 24.4 Å². The molecule has 0 bridgehead atoms. The van der Waals surface area contributed by atoms with Crippen LogP contribution in [0.2, 0.25) is 0 Å². The highest BCUT2D eigenvalue weighted by molar-refractivity contribution is 5.78. The van der Waals surface area contributed by atoms with Crippen LogP contribution in [0.1, 0.15) is 112 Å². The van der Waals surface area contributed by atoms with Gasteiger partial charge in [0.15, 0.2) is 0 Å². The largest absolute Gasteiger partial charge is 0.481 e. The summed E-state index contributed by atoms with van der Waals surface area (Å²) in [5, 5.41) is 13.6. The van der Waals surface area contributed by atoms with E-state index in [9.17, 15) is 14.7 Å². The fourth-order valence-electron chi connectivity index (χ4n) is 5.40. The molecule has 1 atom stereocenters. The zero-order valence-electron chi connectivity index (χ0n) is 15.6. The van der Waals surface area contributed by atoms with Crippen LogP contribution >= 0.6 is 0 Å². The first-order chi connectivity index (χ1) is 12.5. The number of nitrogens with zero attached hydrogens (tertiary/aromatic N) is 1. The second kappa shape index (κ2) is 6.82. The standard InChI is InChI=1S/C21H29NO4/c1-13(23)9-15(10-17(24)25)19-18(14-5-6-14)20(26-22-19)16-11-21(12-16)7-3-2-4-8-21/h14-16H,2-12H2,1H3,(H,24,25). The van der Waals surface area contributed by atoms with E-state index in [0.717, 1.165) is 29.9 Å². The molecule has 0 amide bonds. The summed E-state index contributed by atoms with van der Waals surface area (Å²) in [6.45, 7) is 1.52. The number of carboxylic acid groups (broad SMARTS) is 1. The van der Waals surface area contributed by atoms with Crippen LogP contribution in [0.4, 0.5) is 0 Å². The number of carboxylic acids is 1. The van der Waals surface area contributed by atoms with Crippen molar-refractivity contribution < 1.29 is 19.2 Å². The van der Waals surface area contributed by atoms with E-state index in [1.54, 1.807) is 0 Å². The summed E-state index contributed by atoms with van der Waals surface area (Å²) in [5.41, 5.74) is 2.44. The molecular formula is C21H29NO4. The van der Waals surface area contributed by atoms with Crippen molar-refractivity contribution in [1.82, 2.24) is 5.16 Å². The molecule has 1 N–H and O–H groups in total. The molecule has 1 aromatic heterocycles. The van der Waals surface area contributed by atoms with Crippen molar-refractivity contribution in [3.8, 4) is 0 Å². The van der Waals surface area contributed by atoms with E-state index in [1.807, 2.05) is 0 Å². The average molecular weight is 359 g/mol. The lowest BCUT2D eigenvalue weighted by Gasteiger charge is -2.49. The van der Waals surface area contributed by atoms with Crippen LogP contribution in [0.15, 0.2) is 4.52 Å². The van der Waals surface area contributed by atoms with Gasteiger partial charge >= 0.3 is 5.97 Å². The molecule has 3 aliphatic rings. The van der Waals surface area contributed by atoms with E-state index in [4.69, 9.17) is 4.52 Å². The molecule has 0 saturated heterocycles. The number of carbonyl (C=O) groups excluding carboxylic acids is 1. The van der Waals surface area contributed by atoms with Gasteiger partial charge in [-0.3, -0.25) is 4.79 Å². The number of ketones is 1. The van der Waals surface area contributed by atoms with Crippen LogP contribution in [-0.4, -0.2) is 22.0 Å². The van der Waals surface area contributed by atoms with Crippen molar-refractivity contribution in [3.05, 3.63) is 17.0 Å². The normalized spacial score (nSPS) is 23.6. The number of Topliss-reactive ketones (excluding diaryl/α,β-unsaturated/α-hetero) is 1. The third kappa shape index (κ3) is 3.45. The van der Waals surface area contributed by atoms with Crippen molar-refractivity contribution in [2.45, 2.75) is 95.3 Å².